The first kappa shape index (κ1) is 13.5. The summed E-state index contributed by atoms with van der Waals surface area (Å²) in [6, 6.07) is 11.4. The zero-order chi connectivity index (χ0) is 14.8. The number of nitrogens with zero attached hydrogens (tertiary/aromatic N) is 2. The number of halogens is 1. The van der Waals surface area contributed by atoms with E-state index in [0.717, 1.165) is 10.8 Å². The van der Waals surface area contributed by atoms with Crippen LogP contribution in [-0.2, 0) is 0 Å². The van der Waals surface area contributed by atoms with E-state index in [1.54, 1.807) is 12.1 Å². The van der Waals surface area contributed by atoms with Gasteiger partial charge in [-0.3, -0.25) is 0 Å². The number of anilines is 1. The number of hydrogen-bond donors (Lipinski definition) is 1. The SMILES string of the molecule is COc1ncc(Cl)c(Oc2ccc(N)c3ccccc23)n1. The number of methoxy groups -OCH3 is 1. The molecule has 0 radical (unpaired) electrons. The van der Waals surface area contributed by atoms with Crippen molar-refractivity contribution in [2.24, 2.45) is 0 Å². The topological polar surface area (TPSA) is 70.3 Å². The van der Waals surface area contributed by atoms with Gasteiger partial charge >= 0.3 is 6.01 Å². The van der Waals surface area contributed by atoms with E-state index in [1.807, 2.05) is 24.3 Å². The molecule has 0 aliphatic rings. The van der Waals surface area contributed by atoms with Crippen molar-refractivity contribution in [1.82, 2.24) is 9.97 Å². The van der Waals surface area contributed by atoms with Gasteiger partial charge in [0.15, 0.2) is 0 Å². The summed E-state index contributed by atoms with van der Waals surface area (Å²) < 4.78 is 10.8. The van der Waals surface area contributed by atoms with Gasteiger partial charge < -0.3 is 15.2 Å². The zero-order valence-corrected chi connectivity index (χ0v) is 12.0. The monoisotopic (exact) mass is 301 g/mol. The fourth-order valence-corrected chi connectivity index (χ4v) is 2.12. The van der Waals surface area contributed by atoms with Gasteiger partial charge in [-0.05, 0) is 12.1 Å². The molecule has 0 aliphatic carbocycles. The quantitative estimate of drug-likeness (QED) is 0.747. The molecule has 0 fully saturated rings. The molecular formula is C15H12ClN3O2. The van der Waals surface area contributed by atoms with Crippen LogP contribution in [0.3, 0.4) is 0 Å². The molecule has 106 valence electrons. The molecule has 0 unspecified atom stereocenters. The van der Waals surface area contributed by atoms with Crippen molar-refractivity contribution in [3.05, 3.63) is 47.6 Å². The summed E-state index contributed by atoms with van der Waals surface area (Å²) in [7, 11) is 1.48. The van der Waals surface area contributed by atoms with Gasteiger partial charge in [-0.25, -0.2) is 4.98 Å². The van der Waals surface area contributed by atoms with Gasteiger partial charge in [-0.15, -0.1) is 0 Å². The van der Waals surface area contributed by atoms with Gasteiger partial charge in [0.25, 0.3) is 0 Å². The minimum absolute atomic E-state index is 0.189. The Balaban J connectivity index is 2.08. The molecule has 2 N–H and O–H groups in total. The molecule has 6 heteroatoms. The summed E-state index contributed by atoms with van der Waals surface area (Å²) in [4.78, 5) is 8.01. The predicted molar refractivity (Wildman–Crippen MR) is 82.0 cm³/mol. The lowest BCUT2D eigenvalue weighted by atomic mass is 10.1. The number of nitrogens with two attached hydrogens (primary N) is 1. The van der Waals surface area contributed by atoms with Crippen molar-refractivity contribution >= 4 is 28.1 Å². The van der Waals surface area contributed by atoms with Gasteiger partial charge in [-0.1, -0.05) is 35.9 Å². The molecule has 0 bridgehead atoms. The fraction of sp³-hybridized carbons (Fsp3) is 0.0667. The molecule has 1 heterocycles. The number of ether oxygens (including phenoxy) is 2. The molecule has 0 saturated carbocycles. The van der Waals surface area contributed by atoms with Crippen molar-refractivity contribution in [3.63, 3.8) is 0 Å². The largest absolute Gasteiger partial charge is 0.467 e. The van der Waals surface area contributed by atoms with Gasteiger partial charge in [0.2, 0.25) is 5.88 Å². The van der Waals surface area contributed by atoms with Crippen molar-refractivity contribution in [3.8, 4) is 17.6 Å². The molecule has 2 aromatic carbocycles. The fourth-order valence-electron chi connectivity index (χ4n) is 1.99. The molecule has 0 saturated heterocycles. The summed E-state index contributed by atoms with van der Waals surface area (Å²) in [6.07, 6.45) is 1.43. The van der Waals surface area contributed by atoms with E-state index in [-0.39, 0.29) is 11.9 Å². The van der Waals surface area contributed by atoms with Crippen LogP contribution in [0.2, 0.25) is 5.02 Å². The number of rotatable bonds is 3. The van der Waals surface area contributed by atoms with Crippen LogP contribution in [0.5, 0.6) is 17.6 Å². The highest BCUT2D eigenvalue weighted by Gasteiger charge is 2.11. The molecule has 0 amide bonds. The Kier molecular flexibility index (Phi) is 3.50. The Labute approximate surface area is 126 Å². The number of fused-ring (bicyclic) bond motifs is 1. The van der Waals surface area contributed by atoms with E-state index in [2.05, 4.69) is 9.97 Å². The van der Waals surface area contributed by atoms with Gasteiger partial charge in [-0.2, -0.15) is 4.98 Å². The van der Waals surface area contributed by atoms with Crippen molar-refractivity contribution < 1.29 is 9.47 Å². The summed E-state index contributed by atoms with van der Waals surface area (Å²) >= 11 is 6.06. The Morgan fingerprint density at radius 3 is 2.62 bits per heavy atom. The molecule has 5 nitrogen and oxygen atoms in total. The zero-order valence-electron chi connectivity index (χ0n) is 11.2. The molecule has 21 heavy (non-hydrogen) atoms. The number of aromatic nitrogens is 2. The van der Waals surface area contributed by atoms with E-state index in [0.29, 0.717) is 16.5 Å². The lowest BCUT2D eigenvalue weighted by Gasteiger charge is -2.11. The number of nitrogen functional groups attached to an aromatic ring is 1. The molecule has 3 aromatic rings. The van der Waals surface area contributed by atoms with E-state index < -0.39 is 0 Å². The lowest BCUT2D eigenvalue weighted by Crippen LogP contribution is -1.96. The highest BCUT2D eigenvalue weighted by atomic mass is 35.5. The third-order valence-corrected chi connectivity index (χ3v) is 3.26. The van der Waals surface area contributed by atoms with Gasteiger partial charge in [0.1, 0.15) is 10.8 Å². The van der Waals surface area contributed by atoms with Gasteiger partial charge in [0.05, 0.1) is 13.3 Å². The van der Waals surface area contributed by atoms with Gasteiger partial charge in [0, 0.05) is 16.5 Å². The third kappa shape index (κ3) is 2.55. The Morgan fingerprint density at radius 1 is 1.10 bits per heavy atom. The summed E-state index contributed by atoms with van der Waals surface area (Å²) in [5, 5.41) is 2.09. The van der Waals surface area contributed by atoms with Crippen LogP contribution < -0.4 is 15.2 Å². The van der Waals surface area contributed by atoms with Crippen LogP contribution in [0.15, 0.2) is 42.6 Å². The molecule has 0 atom stereocenters. The summed E-state index contributed by atoms with van der Waals surface area (Å²) in [5.41, 5.74) is 6.65. The second kappa shape index (κ2) is 5.46. The average molecular weight is 302 g/mol. The minimum Gasteiger partial charge on any atom is -0.467 e. The maximum absolute atomic E-state index is 6.06. The number of hydrogen-bond acceptors (Lipinski definition) is 5. The van der Waals surface area contributed by atoms with Crippen LogP contribution in [0, 0.1) is 0 Å². The predicted octanol–water partition coefficient (Wildman–Crippen LogP) is 3.67. The summed E-state index contributed by atoms with van der Waals surface area (Å²) in [5.74, 6) is 0.848. The van der Waals surface area contributed by atoms with Crippen LogP contribution in [0.1, 0.15) is 0 Å². The maximum atomic E-state index is 6.06. The van der Waals surface area contributed by atoms with E-state index in [1.165, 1.54) is 13.3 Å². The molecular weight excluding hydrogens is 290 g/mol. The highest BCUT2D eigenvalue weighted by molar-refractivity contribution is 6.31. The summed E-state index contributed by atoms with van der Waals surface area (Å²) in [6.45, 7) is 0. The van der Waals surface area contributed by atoms with Crippen molar-refractivity contribution in [2.75, 3.05) is 12.8 Å². The molecule has 0 aliphatic heterocycles. The normalized spacial score (nSPS) is 10.6. The van der Waals surface area contributed by atoms with E-state index in [9.17, 15) is 0 Å². The second-order valence-electron chi connectivity index (χ2n) is 4.31. The first-order valence-corrected chi connectivity index (χ1v) is 6.58. The maximum Gasteiger partial charge on any atom is 0.319 e. The smallest absolute Gasteiger partial charge is 0.319 e. The van der Waals surface area contributed by atoms with Crippen molar-refractivity contribution in [1.29, 1.82) is 0 Å². The molecule has 1 aromatic heterocycles. The number of benzene rings is 2. The first-order chi connectivity index (χ1) is 10.2. The average Bonchev–Trinajstić information content (AvgIpc) is 2.52. The highest BCUT2D eigenvalue weighted by Crippen LogP contribution is 2.35. The second-order valence-corrected chi connectivity index (χ2v) is 4.72. The van der Waals surface area contributed by atoms with Crippen LogP contribution in [0.4, 0.5) is 5.69 Å². The molecule has 3 rings (SSSR count). The Morgan fingerprint density at radius 2 is 1.86 bits per heavy atom. The van der Waals surface area contributed by atoms with Crippen LogP contribution in [0.25, 0.3) is 10.8 Å². The Bertz CT molecular complexity index is 808. The van der Waals surface area contributed by atoms with Crippen LogP contribution in [-0.4, -0.2) is 17.1 Å². The van der Waals surface area contributed by atoms with Crippen molar-refractivity contribution in [2.45, 2.75) is 0 Å². The van der Waals surface area contributed by atoms with E-state index >= 15 is 0 Å². The molecule has 0 spiro atoms. The van der Waals surface area contributed by atoms with E-state index in [4.69, 9.17) is 26.8 Å². The minimum atomic E-state index is 0.189. The standard InChI is InChI=1S/C15H12ClN3O2/c1-20-15-18-8-11(16)14(19-15)21-13-7-6-12(17)9-4-2-3-5-10(9)13/h2-8H,17H2,1H3. The third-order valence-electron chi connectivity index (χ3n) is 3.00. The van der Waals surface area contributed by atoms with Crippen LogP contribution >= 0.6 is 11.6 Å². The Hall–Kier alpha value is -2.53. The lowest BCUT2D eigenvalue weighted by molar-refractivity contribution is 0.367. The first-order valence-electron chi connectivity index (χ1n) is 6.20.